The molecular formula is C16H23N5O2. The van der Waals surface area contributed by atoms with E-state index >= 15 is 0 Å². The molecule has 0 aliphatic heterocycles. The van der Waals surface area contributed by atoms with E-state index < -0.39 is 0 Å². The van der Waals surface area contributed by atoms with Crippen LogP contribution in [0.15, 0.2) is 22.7 Å². The maximum Gasteiger partial charge on any atom is 0.239 e. The highest BCUT2D eigenvalue weighted by molar-refractivity contribution is 5.91. The molecule has 0 bridgehead atoms. The van der Waals surface area contributed by atoms with E-state index in [9.17, 15) is 4.79 Å². The van der Waals surface area contributed by atoms with Crippen LogP contribution < -0.4 is 5.32 Å². The van der Waals surface area contributed by atoms with Crippen LogP contribution in [0.3, 0.4) is 0 Å². The van der Waals surface area contributed by atoms with Gasteiger partial charge in [0.2, 0.25) is 11.8 Å². The number of carbonyl (C=O) groups excluding carboxylic acids is 1. The number of hydrogen-bond donors (Lipinski definition) is 1. The first kappa shape index (κ1) is 17.1. The van der Waals surface area contributed by atoms with Crippen molar-refractivity contribution in [2.24, 2.45) is 5.92 Å². The molecule has 0 saturated carbocycles. The smallest absolute Gasteiger partial charge is 0.239 e. The Kier molecular flexibility index (Phi) is 5.81. The lowest BCUT2D eigenvalue weighted by Crippen LogP contribution is -2.30. The van der Waals surface area contributed by atoms with E-state index in [2.05, 4.69) is 34.3 Å². The summed E-state index contributed by atoms with van der Waals surface area (Å²) in [7, 11) is 1.84. The minimum atomic E-state index is -0.128. The first-order chi connectivity index (χ1) is 10.9. The Morgan fingerprint density at radius 2 is 2.13 bits per heavy atom. The number of hydrogen-bond acceptors (Lipinski definition) is 6. The summed E-state index contributed by atoms with van der Waals surface area (Å²) in [5.41, 5.74) is 0.862. The van der Waals surface area contributed by atoms with Crippen molar-refractivity contribution < 1.29 is 9.32 Å². The van der Waals surface area contributed by atoms with Crippen molar-refractivity contribution in [3.05, 3.63) is 35.6 Å². The summed E-state index contributed by atoms with van der Waals surface area (Å²) in [6, 6.07) is 5.51. The molecule has 124 valence electrons. The van der Waals surface area contributed by atoms with Crippen molar-refractivity contribution in [1.29, 1.82) is 0 Å². The Morgan fingerprint density at radius 3 is 2.83 bits per heavy atom. The van der Waals surface area contributed by atoms with E-state index in [-0.39, 0.29) is 12.5 Å². The molecule has 7 nitrogen and oxygen atoms in total. The molecule has 0 aromatic carbocycles. The third-order valence-electron chi connectivity index (χ3n) is 3.07. The van der Waals surface area contributed by atoms with Gasteiger partial charge in [-0.25, -0.2) is 4.98 Å². The number of carbonyl (C=O) groups is 1. The van der Waals surface area contributed by atoms with Crippen LogP contribution in [-0.4, -0.2) is 39.5 Å². The second kappa shape index (κ2) is 7.82. The number of aromatic nitrogens is 3. The zero-order valence-corrected chi connectivity index (χ0v) is 14.0. The highest BCUT2D eigenvalue weighted by atomic mass is 16.5. The van der Waals surface area contributed by atoms with Crippen LogP contribution in [0.25, 0.3) is 0 Å². The van der Waals surface area contributed by atoms with Gasteiger partial charge in [-0.2, -0.15) is 4.98 Å². The quantitative estimate of drug-likeness (QED) is 0.841. The minimum absolute atomic E-state index is 0.128. The van der Waals surface area contributed by atoms with E-state index in [1.54, 1.807) is 6.07 Å². The highest BCUT2D eigenvalue weighted by Gasteiger charge is 2.13. The van der Waals surface area contributed by atoms with Gasteiger partial charge in [-0.15, -0.1) is 0 Å². The molecule has 0 spiro atoms. The number of anilines is 1. The van der Waals surface area contributed by atoms with Crippen molar-refractivity contribution in [2.45, 2.75) is 33.7 Å². The summed E-state index contributed by atoms with van der Waals surface area (Å²) in [6.07, 6.45) is 0.760. The largest absolute Gasteiger partial charge is 0.339 e. The molecule has 1 N–H and O–H groups in total. The SMILES string of the molecule is Cc1cccc(NC(=O)CN(C)Cc2noc(CC(C)C)n2)n1. The maximum absolute atomic E-state index is 12.0. The summed E-state index contributed by atoms with van der Waals surface area (Å²) in [6.45, 7) is 6.76. The van der Waals surface area contributed by atoms with Crippen molar-refractivity contribution >= 4 is 11.7 Å². The Bertz CT molecular complexity index is 653. The lowest BCUT2D eigenvalue weighted by atomic mass is 10.1. The molecule has 0 radical (unpaired) electrons. The topological polar surface area (TPSA) is 84.2 Å². The van der Waals surface area contributed by atoms with Crippen LogP contribution >= 0.6 is 0 Å². The van der Waals surface area contributed by atoms with Crippen molar-refractivity contribution in [2.75, 3.05) is 18.9 Å². The lowest BCUT2D eigenvalue weighted by Gasteiger charge is -2.13. The third-order valence-corrected chi connectivity index (χ3v) is 3.07. The van der Waals surface area contributed by atoms with Crippen LogP contribution in [0.5, 0.6) is 0 Å². The van der Waals surface area contributed by atoms with E-state index in [1.807, 2.05) is 31.0 Å². The minimum Gasteiger partial charge on any atom is -0.339 e. The molecule has 2 heterocycles. The lowest BCUT2D eigenvalue weighted by molar-refractivity contribution is -0.117. The van der Waals surface area contributed by atoms with Gasteiger partial charge in [-0.3, -0.25) is 9.69 Å². The summed E-state index contributed by atoms with van der Waals surface area (Å²) in [4.78, 5) is 22.4. The summed E-state index contributed by atoms with van der Waals surface area (Å²) in [5, 5.41) is 6.72. The number of amides is 1. The average molecular weight is 317 g/mol. The molecule has 2 rings (SSSR count). The molecule has 23 heavy (non-hydrogen) atoms. The molecule has 1 amide bonds. The summed E-state index contributed by atoms with van der Waals surface area (Å²) in [5.74, 6) is 2.12. The van der Waals surface area contributed by atoms with E-state index in [0.29, 0.717) is 30.0 Å². The number of nitrogens with zero attached hydrogens (tertiary/aromatic N) is 4. The molecular weight excluding hydrogens is 294 g/mol. The van der Waals surface area contributed by atoms with Gasteiger partial charge in [0, 0.05) is 12.1 Å². The van der Waals surface area contributed by atoms with E-state index in [0.717, 1.165) is 12.1 Å². The van der Waals surface area contributed by atoms with Crippen LogP contribution in [-0.2, 0) is 17.8 Å². The fraction of sp³-hybridized carbons (Fsp3) is 0.500. The van der Waals surface area contributed by atoms with Gasteiger partial charge in [0.25, 0.3) is 0 Å². The third kappa shape index (κ3) is 5.78. The number of likely N-dealkylation sites (N-methyl/N-ethyl adjacent to an activating group) is 1. The molecule has 0 unspecified atom stereocenters. The monoisotopic (exact) mass is 317 g/mol. The normalized spacial score (nSPS) is 11.2. The van der Waals surface area contributed by atoms with Crippen molar-refractivity contribution in [1.82, 2.24) is 20.0 Å². The standard InChI is InChI=1S/C16H23N5O2/c1-11(2)8-16-19-14(20-23-16)9-21(4)10-15(22)18-13-7-5-6-12(3)17-13/h5-7,11H,8-10H2,1-4H3,(H,17,18,22). The maximum atomic E-state index is 12.0. The van der Waals surface area contributed by atoms with E-state index in [4.69, 9.17) is 4.52 Å². The van der Waals surface area contributed by atoms with Crippen molar-refractivity contribution in [3.63, 3.8) is 0 Å². The van der Waals surface area contributed by atoms with Gasteiger partial charge in [-0.1, -0.05) is 25.1 Å². The Morgan fingerprint density at radius 1 is 1.35 bits per heavy atom. The summed E-state index contributed by atoms with van der Waals surface area (Å²) >= 11 is 0. The van der Waals surface area contributed by atoms with Crippen LogP contribution in [0.1, 0.15) is 31.3 Å². The number of pyridine rings is 1. The fourth-order valence-electron chi connectivity index (χ4n) is 2.12. The van der Waals surface area contributed by atoms with Gasteiger partial charge >= 0.3 is 0 Å². The molecule has 0 aliphatic rings. The number of aryl methyl sites for hydroxylation is 1. The molecule has 0 atom stereocenters. The van der Waals surface area contributed by atoms with Gasteiger partial charge < -0.3 is 9.84 Å². The molecule has 0 aliphatic carbocycles. The van der Waals surface area contributed by atoms with Crippen LogP contribution in [0.4, 0.5) is 5.82 Å². The molecule has 0 fully saturated rings. The first-order valence-electron chi connectivity index (χ1n) is 7.66. The van der Waals surface area contributed by atoms with Gasteiger partial charge in [0.1, 0.15) is 5.82 Å². The second-order valence-electron chi connectivity index (χ2n) is 6.09. The Balaban J connectivity index is 1.83. The number of rotatable bonds is 7. The Hall–Kier alpha value is -2.28. The first-order valence-corrected chi connectivity index (χ1v) is 7.66. The predicted octanol–water partition coefficient (Wildman–Crippen LogP) is 2.04. The molecule has 2 aromatic rings. The van der Waals surface area contributed by atoms with Gasteiger partial charge in [-0.05, 0) is 32.0 Å². The molecule has 2 aromatic heterocycles. The fourth-order valence-corrected chi connectivity index (χ4v) is 2.12. The number of nitrogens with one attached hydrogen (secondary N) is 1. The van der Waals surface area contributed by atoms with E-state index in [1.165, 1.54) is 0 Å². The van der Waals surface area contributed by atoms with Crippen LogP contribution in [0.2, 0.25) is 0 Å². The average Bonchev–Trinajstić information content (AvgIpc) is 2.84. The Labute approximate surface area is 136 Å². The summed E-state index contributed by atoms with van der Waals surface area (Å²) < 4.78 is 5.19. The predicted molar refractivity (Wildman–Crippen MR) is 86.8 cm³/mol. The highest BCUT2D eigenvalue weighted by Crippen LogP contribution is 2.07. The second-order valence-corrected chi connectivity index (χ2v) is 6.09. The zero-order chi connectivity index (χ0) is 16.8. The van der Waals surface area contributed by atoms with Crippen LogP contribution in [0, 0.1) is 12.8 Å². The molecule has 7 heteroatoms. The molecule has 0 saturated heterocycles. The van der Waals surface area contributed by atoms with Crippen molar-refractivity contribution in [3.8, 4) is 0 Å². The van der Waals surface area contributed by atoms with Gasteiger partial charge in [0.05, 0.1) is 13.1 Å². The van der Waals surface area contributed by atoms with Gasteiger partial charge in [0.15, 0.2) is 5.82 Å². The zero-order valence-electron chi connectivity index (χ0n) is 14.0.